The van der Waals surface area contributed by atoms with Gasteiger partial charge in [-0.05, 0) is 56.7 Å². The topological polar surface area (TPSA) is 131 Å². The van der Waals surface area contributed by atoms with Crippen LogP contribution in [0.15, 0.2) is 53.7 Å². The molecule has 2 aromatic carbocycles. The van der Waals surface area contributed by atoms with E-state index in [-0.39, 0.29) is 23.0 Å². The molecule has 35 heavy (non-hydrogen) atoms. The number of amides is 2. The highest BCUT2D eigenvalue weighted by Crippen LogP contribution is 2.26. The Morgan fingerprint density at radius 1 is 1.00 bits per heavy atom. The molecular formula is C24H24F3N7O. The van der Waals surface area contributed by atoms with Gasteiger partial charge in [0.25, 0.3) is 0 Å². The largest absolute Gasteiger partial charge is 0.396 e. The molecule has 0 saturated heterocycles. The number of carbonyl (C=O) groups excluding carboxylic acids is 1. The molecule has 0 aliphatic rings. The van der Waals surface area contributed by atoms with Crippen molar-refractivity contribution in [2.45, 2.75) is 26.3 Å². The van der Waals surface area contributed by atoms with Gasteiger partial charge in [0.1, 0.15) is 5.82 Å². The number of hydrogen-bond donors (Lipinski definition) is 4. The minimum Gasteiger partial charge on any atom is -0.396 e. The predicted octanol–water partition coefficient (Wildman–Crippen LogP) is 4.82. The minimum atomic E-state index is -1.13. The van der Waals surface area contributed by atoms with Gasteiger partial charge in [0, 0.05) is 29.7 Å². The Kier molecular flexibility index (Phi) is 7.38. The lowest BCUT2D eigenvalue weighted by molar-refractivity contribution is 0.262. The molecule has 0 aliphatic heterocycles. The summed E-state index contributed by atoms with van der Waals surface area (Å²) in [5, 5.41) is 4.67. The van der Waals surface area contributed by atoms with E-state index in [9.17, 15) is 18.0 Å². The van der Waals surface area contributed by atoms with E-state index in [4.69, 9.17) is 11.5 Å². The summed E-state index contributed by atoms with van der Waals surface area (Å²) in [6.07, 6.45) is 2.98. The lowest BCUT2D eigenvalue weighted by Crippen LogP contribution is -2.20. The lowest BCUT2D eigenvalue weighted by Gasteiger charge is -2.15. The normalized spacial score (nSPS) is 12.4. The summed E-state index contributed by atoms with van der Waals surface area (Å²) in [5.74, 6) is -2.90. The first-order chi connectivity index (χ1) is 16.4. The zero-order valence-electron chi connectivity index (χ0n) is 19.2. The molecule has 0 unspecified atom stereocenters. The van der Waals surface area contributed by atoms with Crippen LogP contribution in [0.4, 0.5) is 35.3 Å². The van der Waals surface area contributed by atoms with Gasteiger partial charge in [-0.1, -0.05) is 6.07 Å². The van der Waals surface area contributed by atoms with Gasteiger partial charge in [-0.3, -0.25) is 4.99 Å². The molecule has 0 bridgehead atoms. The van der Waals surface area contributed by atoms with Gasteiger partial charge >= 0.3 is 6.03 Å². The Balaban J connectivity index is 1.97. The van der Waals surface area contributed by atoms with Gasteiger partial charge in [-0.25, -0.2) is 27.9 Å². The number of nitrogens with two attached hydrogens (primary N) is 2. The summed E-state index contributed by atoms with van der Waals surface area (Å²) in [4.78, 5) is 24.8. The van der Waals surface area contributed by atoms with Gasteiger partial charge in [-0.15, -0.1) is 0 Å². The van der Waals surface area contributed by atoms with E-state index in [0.717, 1.165) is 18.2 Å². The SMILES string of the molecule is CC(C)(C)N=CC(=C(N)c1ccnc(N)n1)c1ccc(F)c(NC(=O)Nc2ccc(F)c(F)c2)c1. The average molecular weight is 483 g/mol. The third-order valence-electron chi connectivity index (χ3n) is 4.52. The number of carbonyl (C=O) groups is 1. The van der Waals surface area contributed by atoms with Crippen LogP contribution in [0.3, 0.4) is 0 Å². The van der Waals surface area contributed by atoms with E-state index in [2.05, 4.69) is 25.6 Å². The van der Waals surface area contributed by atoms with Crippen molar-refractivity contribution in [2.24, 2.45) is 10.7 Å². The number of aliphatic imine (C=N–C) groups is 1. The number of benzene rings is 2. The van der Waals surface area contributed by atoms with Crippen molar-refractivity contribution in [3.05, 3.63) is 77.4 Å². The van der Waals surface area contributed by atoms with Crippen LogP contribution in [-0.4, -0.2) is 27.8 Å². The van der Waals surface area contributed by atoms with Crippen molar-refractivity contribution in [2.75, 3.05) is 16.4 Å². The number of halogens is 3. The number of nitrogens with zero attached hydrogens (tertiary/aromatic N) is 3. The fourth-order valence-corrected chi connectivity index (χ4v) is 2.87. The number of urea groups is 1. The van der Waals surface area contributed by atoms with Crippen molar-refractivity contribution in [1.29, 1.82) is 0 Å². The highest BCUT2D eigenvalue weighted by atomic mass is 19.2. The van der Waals surface area contributed by atoms with E-state index in [1.807, 2.05) is 20.8 Å². The fourth-order valence-electron chi connectivity index (χ4n) is 2.87. The first-order valence-electron chi connectivity index (χ1n) is 10.4. The highest BCUT2D eigenvalue weighted by molar-refractivity contribution is 6.19. The molecule has 3 aromatic rings. The zero-order chi connectivity index (χ0) is 25.8. The Morgan fingerprint density at radius 2 is 1.71 bits per heavy atom. The van der Waals surface area contributed by atoms with E-state index < -0.39 is 29.0 Å². The predicted molar refractivity (Wildman–Crippen MR) is 131 cm³/mol. The molecule has 0 spiro atoms. The number of nitrogen functional groups attached to an aromatic ring is 1. The summed E-state index contributed by atoms with van der Waals surface area (Å²) in [7, 11) is 0. The number of aromatic nitrogens is 2. The molecule has 0 saturated carbocycles. The fraction of sp³-hybridized carbons (Fsp3) is 0.167. The highest BCUT2D eigenvalue weighted by Gasteiger charge is 2.15. The molecule has 0 atom stereocenters. The zero-order valence-corrected chi connectivity index (χ0v) is 19.2. The monoisotopic (exact) mass is 483 g/mol. The standard InChI is InChI=1S/C24H24F3N7O/c1-24(2,3)31-12-15(21(28)19-8-9-30-22(29)33-19)13-4-6-17(26)20(10-13)34-23(35)32-14-5-7-16(25)18(27)11-14/h4-12H,28H2,1-3H3,(H2,29,30,33)(H2,32,34,35). The van der Waals surface area contributed by atoms with Crippen molar-refractivity contribution in [1.82, 2.24) is 9.97 Å². The van der Waals surface area contributed by atoms with Crippen LogP contribution in [0.5, 0.6) is 0 Å². The molecule has 1 heterocycles. The second kappa shape index (κ2) is 10.2. The number of anilines is 3. The van der Waals surface area contributed by atoms with Gasteiger partial charge in [0.05, 0.1) is 22.6 Å². The summed E-state index contributed by atoms with van der Waals surface area (Å²) >= 11 is 0. The number of nitrogens with one attached hydrogen (secondary N) is 2. The van der Waals surface area contributed by atoms with E-state index >= 15 is 0 Å². The smallest absolute Gasteiger partial charge is 0.323 e. The summed E-state index contributed by atoms with van der Waals surface area (Å²) in [6.45, 7) is 5.67. The van der Waals surface area contributed by atoms with Crippen molar-refractivity contribution < 1.29 is 18.0 Å². The van der Waals surface area contributed by atoms with Crippen molar-refractivity contribution in [3.8, 4) is 0 Å². The second-order valence-corrected chi connectivity index (χ2v) is 8.46. The van der Waals surface area contributed by atoms with Crippen LogP contribution in [0, 0.1) is 17.5 Å². The number of rotatable bonds is 5. The molecule has 0 fully saturated rings. The van der Waals surface area contributed by atoms with E-state index in [1.165, 1.54) is 30.6 Å². The molecular weight excluding hydrogens is 459 g/mol. The van der Waals surface area contributed by atoms with E-state index in [0.29, 0.717) is 16.8 Å². The second-order valence-electron chi connectivity index (χ2n) is 8.46. The maximum Gasteiger partial charge on any atom is 0.323 e. The number of hydrogen-bond acceptors (Lipinski definition) is 6. The molecule has 182 valence electrons. The maximum atomic E-state index is 14.5. The molecule has 8 nitrogen and oxygen atoms in total. The van der Waals surface area contributed by atoms with Crippen LogP contribution < -0.4 is 22.1 Å². The molecule has 0 radical (unpaired) electrons. The van der Waals surface area contributed by atoms with Crippen LogP contribution in [0.25, 0.3) is 11.3 Å². The summed E-state index contributed by atoms with van der Waals surface area (Å²) in [6, 6.07) is 7.51. The van der Waals surface area contributed by atoms with Crippen molar-refractivity contribution in [3.63, 3.8) is 0 Å². The number of allylic oxidation sites excluding steroid dienone is 1. The Bertz CT molecular complexity index is 1320. The van der Waals surface area contributed by atoms with Gasteiger partial charge in [-0.2, -0.15) is 0 Å². The quantitative estimate of drug-likeness (QED) is 0.387. The lowest BCUT2D eigenvalue weighted by atomic mass is 10.0. The van der Waals surface area contributed by atoms with Crippen LogP contribution in [0.2, 0.25) is 0 Å². The Hall–Kier alpha value is -4.41. The molecule has 6 N–H and O–H groups in total. The first kappa shape index (κ1) is 25.2. The van der Waals surface area contributed by atoms with Crippen molar-refractivity contribution >= 4 is 40.8 Å². The maximum absolute atomic E-state index is 14.5. The third-order valence-corrected chi connectivity index (χ3v) is 4.52. The van der Waals surface area contributed by atoms with Gasteiger partial charge in [0.2, 0.25) is 5.95 Å². The molecule has 1 aromatic heterocycles. The molecule has 2 amide bonds. The molecule has 3 rings (SSSR count). The molecule has 0 aliphatic carbocycles. The Morgan fingerprint density at radius 3 is 2.37 bits per heavy atom. The van der Waals surface area contributed by atoms with Crippen LogP contribution >= 0.6 is 0 Å². The Labute approximate surface area is 200 Å². The van der Waals surface area contributed by atoms with Crippen LogP contribution in [0.1, 0.15) is 32.0 Å². The summed E-state index contributed by atoms with van der Waals surface area (Å²) in [5.41, 5.74) is 12.8. The van der Waals surface area contributed by atoms with Crippen LogP contribution in [-0.2, 0) is 0 Å². The first-order valence-corrected chi connectivity index (χ1v) is 10.4. The summed E-state index contributed by atoms with van der Waals surface area (Å²) < 4.78 is 41.0. The average Bonchev–Trinajstić information content (AvgIpc) is 2.77. The van der Waals surface area contributed by atoms with Gasteiger partial charge in [0.15, 0.2) is 11.6 Å². The molecule has 11 heteroatoms. The van der Waals surface area contributed by atoms with E-state index in [1.54, 1.807) is 6.07 Å². The third kappa shape index (κ3) is 6.79. The van der Waals surface area contributed by atoms with Gasteiger partial charge < -0.3 is 22.1 Å². The minimum absolute atomic E-state index is 0.0125.